The normalized spacial score (nSPS) is 29.3. The van der Waals surface area contributed by atoms with E-state index in [4.69, 9.17) is 9.47 Å². The van der Waals surface area contributed by atoms with Gasteiger partial charge in [-0.05, 0) is 38.6 Å². The highest BCUT2D eigenvalue weighted by Gasteiger charge is 2.43. The van der Waals surface area contributed by atoms with Gasteiger partial charge in [0, 0.05) is 56.6 Å². The number of piperidine rings is 1. The second-order valence-electron chi connectivity index (χ2n) is 7.49. The smallest absolute Gasteiger partial charge is 0.228 e. The Labute approximate surface area is 144 Å². The van der Waals surface area contributed by atoms with Crippen LogP contribution < -0.4 is 9.64 Å². The summed E-state index contributed by atoms with van der Waals surface area (Å²) in [6, 6.07) is 2.53. The SMILES string of the molecule is COc1ccnc(N2CCC[C@]3(CCN(C4CCOCC4)C3)C2)n1. The maximum absolute atomic E-state index is 5.53. The molecule has 0 unspecified atom stereocenters. The number of ether oxygens (including phenoxy) is 2. The summed E-state index contributed by atoms with van der Waals surface area (Å²) in [5, 5.41) is 0. The molecule has 0 aromatic carbocycles. The van der Waals surface area contributed by atoms with Crippen LogP contribution >= 0.6 is 0 Å². The lowest BCUT2D eigenvalue weighted by molar-refractivity contribution is 0.0375. The molecule has 4 rings (SSSR count). The molecule has 0 aliphatic carbocycles. The molecule has 6 nitrogen and oxygen atoms in total. The van der Waals surface area contributed by atoms with Gasteiger partial charge in [0.05, 0.1) is 7.11 Å². The van der Waals surface area contributed by atoms with Gasteiger partial charge in [0.25, 0.3) is 0 Å². The molecule has 24 heavy (non-hydrogen) atoms. The predicted octanol–water partition coefficient (Wildman–Crippen LogP) is 1.96. The van der Waals surface area contributed by atoms with E-state index in [9.17, 15) is 0 Å². The maximum atomic E-state index is 5.53. The van der Waals surface area contributed by atoms with E-state index in [-0.39, 0.29) is 0 Å². The van der Waals surface area contributed by atoms with Gasteiger partial charge in [-0.2, -0.15) is 4.98 Å². The Morgan fingerprint density at radius 3 is 2.92 bits per heavy atom. The van der Waals surface area contributed by atoms with Gasteiger partial charge in [0.2, 0.25) is 11.8 Å². The zero-order chi connectivity index (χ0) is 16.4. The molecule has 1 spiro atoms. The predicted molar refractivity (Wildman–Crippen MR) is 92.5 cm³/mol. The van der Waals surface area contributed by atoms with Crippen molar-refractivity contribution in [2.24, 2.45) is 5.41 Å². The fourth-order valence-corrected chi connectivity index (χ4v) is 4.64. The largest absolute Gasteiger partial charge is 0.481 e. The summed E-state index contributed by atoms with van der Waals surface area (Å²) >= 11 is 0. The third-order valence-electron chi connectivity index (χ3n) is 5.95. The second kappa shape index (κ2) is 6.84. The number of rotatable bonds is 3. The number of likely N-dealkylation sites (tertiary alicyclic amines) is 1. The monoisotopic (exact) mass is 332 g/mol. The molecule has 3 fully saturated rings. The van der Waals surface area contributed by atoms with E-state index in [0.29, 0.717) is 11.3 Å². The van der Waals surface area contributed by atoms with Gasteiger partial charge in [-0.1, -0.05) is 0 Å². The zero-order valence-electron chi connectivity index (χ0n) is 14.6. The Bertz CT molecular complexity index is 564. The summed E-state index contributed by atoms with van der Waals surface area (Å²) in [5.74, 6) is 1.47. The Hall–Kier alpha value is -1.40. The number of anilines is 1. The van der Waals surface area contributed by atoms with Crippen LogP contribution in [0.4, 0.5) is 5.95 Å². The molecule has 0 amide bonds. The number of hydrogen-bond acceptors (Lipinski definition) is 6. The average Bonchev–Trinajstić information content (AvgIpc) is 3.06. The van der Waals surface area contributed by atoms with Gasteiger partial charge in [-0.25, -0.2) is 4.98 Å². The minimum absolute atomic E-state index is 0.406. The molecule has 4 heterocycles. The van der Waals surface area contributed by atoms with E-state index in [1.807, 2.05) is 6.07 Å². The highest BCUT2D eigenvalue weighted by molar-refractivity contribution is 5.33. The molecule has 1 aromatic rings. The van der Waals surface area contributed by atoms with Crippen molar-refractivity contribution >= 4 is 5.95 Å². The molecule has 0 N–H and O–H groups in total. The topological polar surface area (TPSA) is 50.7 Å². The number of aromatic nitrogens is 2. The number of nitrogens with zero attached hydrogens (tertiary/aromatic N) is 4. The van der Waals surface area contributed by atoms with Crippen LogP contribution in [0.25, 0.3) is 0 Å². The Morgan fingerprint density at radius 2 is 2.08 bits per heavy atom. The van der Waals surface area contributed by atoms with Crippen molar-refractivity contribution in [3.8, 4) is 5.88 Å². The standard InChI is InChI=1S/C18H28N4O2/c1-23-16-3-8-19-17(20-16)22-9-2-6-18(14-22)7-10-21(13-18)15-4-11-24-12-5-15/h3,8,15H,2,4-7,9-14H2,1H3/t18-/m1/s1. The minimum atomic E-state index is 0.406. The summed E-state index contributed by atoms with van der Waals surface area (Å²) in [6.45, 7) is 6.43. The molecule has 1 atom stereocenters. The van der Waals surface area contributed by atoms with Crippen molar-refractivity contribution in [2.45, 2.75) is 38.1 Å². The number of methoxy groups -OCH3 is 1. The molecule has 0 saturated carbocycles. The third kappa shape index (κ3) is 3.22. The molecule has 3 saturated heterocycles. The first-order valence-electron chi connectivity index (χ1n) is 9.22. The maximum Gasteiger partial charge on any atom is 0.228 e. The highest BCUT2D eigenvalue weighted by Crippen LogP contribution is 2.41. The summed E-state index contributed by atoms with van der Waals surface area (Å²) in [6.07, 6.45) is 8.03. The van der Waals surface area contributed by atoms with Crippen LogP contribution in [0, 0.1) is 5.41 Å². The minimum Gasteiger partial charge on any atom is -0.481 e. The molecule has 1 aromatic heterocycles. The van der Waals surface area contributed by atoms with Gasteiger partial charge in [-0.3, -0.25) is 4.90 Å². The van der Waals surface area contributed by atoms with Crippen LogP contribution in [-0.4, -0.2) is 67.4 Å². The van der Waals surface area contributed by atoms with Crippen LogP contribution in [0.3, 0.4) is 0 Å². The summed E-state index contributed by atoms with van der Waals surface area (Å²) < 4.78 is 10.8. The molecule has 6 heteroatoms. The van der Waals surface area contributed by atoms with Crippen LogP contribution in [0.5, 0.6) is 5.88 Å². The molecule has 3 aliphatic heterocycles. The van der Waals surface area contributed by atoms with Crippen LogP contribution in [0.15, 0.2) is 12.3 Å². The van der Waals surface area contributed by atoms with Crippen molar-refractivity contribution in [1.29, 1.82) is 0 Å². The van der Waals surface area contributed by atoms with Gasteiger partial charge in [-0.15, -0.1) is 0 Å². The summed E-state index contributed by atoms with van der Waals surface area (Å²) in [7, 11) is 1.66. The molecule has 0 radical (unpaired) electrons. The average molecular weight is 332 g/mol. The summed E-state index contributed by atoms with van der Waals surface area (Å²) in [4.78, 5) is 14.1. The molecule has 3 aliphatic rings. The third-order valence-corrected chi connectivity index (χ3v) is 5.95. The fraction of sp³-hybridized carbons (Fsp3) is 0.778. The lowest BCUT2D eigenvalue weighted by Crippen LogP contribution is -2.47. The van der Waals surface area contributed by atoms with Crippen molar-refractivity contribution in [3.63, 3.8) is 0 Å². The van der Waals surface area contributed by atoms with E-state index in [1.54, 1.807) is 13.3 Å². The zero-order valence-corrected chi connectivity index (χ0v) is 14.6. The van der Waals surface area contributed by atoms with Gasteiger partial charge >= 0.3 is 0 Å². The quantitative estimate of drug-likeness (QED) is 0.843. The van der Waals surface area contributed by atoms with E-state index < -0.39 is 0 Å². The molecule has 0 bridgehead atoms. The lowest BCUT2D eigenvalue weighted by Gasteiger charge is -2.41. The van der Waals surface area contributed by atoms with Crippen LogP contribution in [0.2, 0.25) is 0 Å². The van der Waals surface area contributed by atoms with E-state index in [2.05, 4.69) is 19.8 Å². The first kappa shape index (κ1) is 16.1. The van der Waals surface area contributed by atoms with Gasteiger partial charge in [0.15, 0.2) is 0 Å². The van der Waals surface area contributed by atoms with Crippen molar-refractivity contribution < 1.29 is 9.47 Å². The molecular weight excluding hydrogens is 304 g/mol. The first-order chi connectivity index (χ1) is 11.8. The summed E-state index contributed by atoms with van der Waals surface area (Å²) in [5.41, 5.74) is 0.406. The highest BCUT2D eigenvalue weighted by atomic mass is 16.5. The van der Waals surface area contributed by atoms with Crippen molar-refractivity contribution in [3.05, 3.63) is 12.3 Å². The van der Waals surface area contributed by atoms with E-state index >= 15 is 0 Å². The van der Waals surface area contributed by atoms with Crippen LogP contribution in [0.1, 0.15) is 32.1 Å². The second-order valence-corrected chi connectivity index (χ2v) is 7.49. The number of hydrogen-bond donors (Lipinski definition) is 0. The van der Waals surface area contributed by atoms with Gasteiger partial charge in [0.1, 0.15) is 0 Å². The Morgan fingerprint density at radius 1 is 1.21 bits per heavy atom. The van der Waals surface area contributed by atoms with E-state index in [1.165, 1.54) is 45.2 Å². The lowest BCUT2D eigenvalue weighted by atomic mass is 9.79. The fourth-order valence-electron chi connectivity index (χ4n) is 4.64. The molecular formula is C18H28N4O2. The Balaban J connectivity index is 1.44. The van der Waals surface area contributed by atoms with Gasteiger partial charge < -0.3 is 14.4 Å². The van der Waals surface area contributed by atoms with Crippen molar-refractivity contribution in [2.75, 3.05) is 51.4 Å². The molecule has 132 valence electrons. The van der Waals surface area contributed by atoms with Crippen molar-refractivity contribution in [1.82, 2.24) is 14.9 Å². The first-order valence-corrected chi connectivity index (χ1v) is 9.22. The van der Waals surface area contributed by atoms with E-state index in [0.717, 1.165) is 38.3 Å². The Kier molecular flexibility index (Phi) is 4.59. The van der Waals surface area contributed by atoms with Crippen LogP contribution in [-0.2, 0) is 4.74 Å².